The van der Waals surface area contributed by atoms with Crippen LogP contribution < -0.4 is 4.74 Å². The summed E-state index contributed by atoms with van der Waals surface area (Å²) in [5.74, 6) is 0.454. The van der Waals surface area contributed by atoms with Crippen molar-refractivity contribution in [2.75, 3.05) is 0 Å². The first-order valence-corrected chi connectivity index (χ1v) is 10.7. The van der Waals surface area contributed by atoms with Crippen LogP contribution in [0.1, 0.15) is 15.9 Å². The lowest BCUT2D eigenvalue weighted by molar-refractivity contribution is 0.0697. The topological polar surface area (TPSA) is 109 Å². The standard InChI is InChI=1S/C21H13N5O3S2/c27-19(28)13-6-11-17-18(12-13)30-20(22-17)31-21(23-25-26-24-21)14-7-9-16(10-8-14)29-15-4-2-1-3-5-15/h1-12H,(H,27,28). The fourth-order valence-electron chi connectivity index (χ4n) is 2.96. The van der Waals surface area contributed by atoms with Crippen LogP contribution in [0, 0.1) is 0 Å². The Kier molecular flexibility index (Phi) is 4.92. The number of aromatic carboxylic acids is 1. The number of carboxylic acid groups (broad SMARTS) is 1. The average molecular weight is 448 g/mol. The number of carbonyl (C=O) groups is 1. The van der Waals surface area contributed by atoms with Gasteiger partial charge in [-0.3, -0.25) is 0 Å². The van der Waals surface area contributed by atoms with Gasteiger partial charge in [0, 0.05) is 5.56 Å². The van der Waals surface area contributed by atoms with Gasteiger partial charge in [0.25, 0.3) is 4.99 Å². The van der Waals surface area contributed by atoms with Crippen LogP contribution in [-0.4, -0.2) is 16.1 Å². The van der Waals surface area contributed by atoms with Crippen molar-refractivity contribution >= 4 is 39.3 Å². The summed E-state index contributed by atoms with van der Waals surface area (Å²) in [6.45, 7) is 0. The van der Waals surface area contributed by atoms with E-state index in [4.69, 9.17) is 4.74 Å². The van der Waals surface area contributed by atoms with Crippen molar-refractivity contribution in [1.82, 2.24) is 4.98 Å². The van der Waals surface area contributed by atoms with E-state index in [0.29, 0.717) is 15.6 Å². The third-order valence-corrected chi connectivity index (χ3v) is 6.72. The molecule has 0 saturated carbocycles. The smallest absolute Gasteiger partial charge is 0.335 e. The first-order valence-electron chi connectivity index (χ1n) is 9.12. The molecule has 0 aliphatic carbocycles. The van der Waals surface area contributed by atoms with Gasteiger partial charge in [0.2, 0.25) is 0 Å². The molecule has 0 amide bonds. The molecule has 1 aliphatic heterocycles. The highest BCUT2D eigenvalue weighted by atomic mass is 32.2. The summed E-state index contributed by atoms with van der Waals surface area (Å²) in [5, 5.41) is 25.1. The van der Waals surface area contributed by atoms with Gasteiger partial charge in [-0.25, -0.2) is 9.78 Å². The van der Waals surface area contributed by atoms with E-state index in [-0.39, 0.29) is 5.56 Å². The first kappa shape index (κ1) is 19.3. The molecular weight excluding hydrogens is 434 g/mol. The molecule has 0 radical (unpaired) electrons. The van der Waals surface area contributed by atoms with E-state index in [2.05, 4.69) is 25.7 Å². The zero-order valence-electron chi connectivity index (χ0n) is 15.7. The van der Waals surface area contributed by atoms with Gasteiger partial charge in [-0.1, -0.05) is 18.2 Å². The van der Waals surface area contributed by atoms with Crippen LogP contribution in [0.3, 0.4) is 0 Å². The number of hydrogen-bond acceptors (Lipinski definition) is 9. The monoisotopic (exact) mass is 447 g/mol. The summed E-state index contributed by atoms with van der Waals surface area (Å²) in [5.41, 5.74) is 1.70. The van der Waals surface area contributed by atoms with Crippen LogP contribution in [-0.2, 0) is 4.99 Å². The Morgan fingerprint density at radius 3 is 2.35 bits per heavy atom. The van der Waals surface area contributed by atoms with Gasteiger partial charge in [-0.15, -0.1) is 21.6 Å². The van der Waals surface area contributed by atoms with E-state index in [9.17, 15) is 9.90 Å². The quantitative estimate of drug-likeness (QED) is 0.362. The minimum Gasteiger partial charge on any atom is -0.478 e. The van der Waals surface area contributed by atoms with Gasteiger partial charge in [0.1, 0.15) is 11.5 Å². The Morgan fingerprint density at radius 1 is 0.935 bits per heavy atom. The van der Waals surface area contributed by atoms with Gasteiger partial charge >= 0.3 is 5.97 Å². The summed E-state index contributed by atoms with van der Waals surface area (Å²) >= 11 is 2.67. The third-order valence-electron chi connectivity index (χ3n) is 4.46. The Bertz CT molecular complexity index is 1310. The number of thiazole rings is 1. The van der Waals surface area contributed by atoms with Crippen molar-refractivity contribution in [2.45, 2.75) is 9.33 Å². The largest absolute Gasteiger partial charge is 0.478 e. The highest BCUT2D eigenvalue weighted by molar-refractivity contribution is 8.02. The lowest BCUT2D eigenvalue weighted by atomic mass is 10.1. The Balaban J connectivity index is 1.42. The van der Waals surface area contributed by atoms with Crippen molar-refractivity contribution in [3.05, 3.63) is 83.9 Å². The maximum atomic E-state index is 11.2. The fourth-order valence-corrected chi connectivity index (χ4v) is 5.28. The molecular formula is C21H13N5O3S2. The van der Waals surface area contributed by atoms with E-state index >= 15 is 0 Å². The summed E-state index contributed by atoms with van der Waals surface area (Å²) in [7, 11) is 0. The molecule has 31 heavy (non-hydrogen) atoms. The molecule has 10 heteroatoms. The number of benzene rings is 3. The van der Waals surface area contributed by atoms with Gasteiger partial charge in [-0.2, -0.15) is 0 Å². The number of carboxylic acids is 1. The minimum atomic E-state index is -1.09. The number of aromatic nitrogens is 1. The maximum absolute atomic E-state index is 11.2. The van der Waals surface area contributed by atoms with Gasteiger partial charge in [0.05, 0.1) is 15.8 Å². The minimum absolute atomic E-state index is 0.219. The van der Waals surface area contributed by atoms with Crippen molar-refractivity contribution in [3.63, 3.8) is 0 Å². The molecule has 0 fully saturated rings. The molecule has 1 aliphatic rings. The van der Waals surface area contributed by atoms with Crippen molar-refractivity contribution < 1.29 is 14.6 Å². The predicted molar refractivity (Wildman–Crippen MR) is 117 cm³/mol. The number of thioether (sulfide) groups is 1. The Hall–Kier alpha value is -3.63. The average Bonchev–Trinajstić information content (AvgIpc) is 3.41. The number of rotatable bonds is 6. The van der Waals surface area contributed by atoms with Crippen molar-refractivity contribution in [3.8, 4) is 11.5 Å². The molecule has 0 atom stereocenters. The summed E-state index contributed by atoms with van der Waals surface area (Å²) < 4.78 is 7.30. The first-order chi connectivity index (χ1) is 15.1. The zero-order chi connectivity index (χ0) is 21.3. The van der Waals surface area contributed by atoms with Crippen molar-refractivity contribution in [1.29, 1.82) is 0 Å². The van der Waals surface area contributed by atoms with Crippen LogP contribution in [0.15, 0.2) is 97.8 Å². The highest BCUT2D eigenvalue weighted by Gasteiger charge is 2.38. The van der Waals surface area contributed by atoms with Gasteiger partial charge in [0.15, 0.2) is 4.34 Å². The van der Waals surface area contributed by atoms with Gasteiger partial charge in [-0.05, 0) is 76.8 Å². The molecule has 0 unspecified atom stereocenters. The molecule has 5 rings (SSSR count). The summed E-state index contributed by atoms with van der Waals surface area (Å²) in [4.78, 5) is 14.7. The Labute approximate surface area is 184 Å². The van der Waals surface area contributed by atoms with E-state index in [1.165, 1.54) is 29.2 Å². The second-order valence-electron chi connectivity index (χ2n) is 6.50. The normalized spacial score (nSPS) is 14.2. The van der Waals surface area contributed by atoms with E-state index in [0.717, 1.165) is 16.0 Å². The molecule has 1 N–H and O–H groups in total. The molecule has 4 aromatic rings. The van der Waals surface area contributed by atoms with Gasteiger partial charge < -0.3 is 9.84 Å². The second kappa shape index (κ2) is 7.89. The lowest BCUT2D eigenvalue weighted by Gasteiger charge is -2.18. The molecule has 3 aromatic carbocycles. The summed E-state index contributed by atoms with van der Waals surface area (Å²) in [6, 6.07) is 21.8. The molecule has 0 saturated heterocycles. The zero-order valence-corrected chi connectivity index (χ0v) is 17.4. The maximum Gasteiger partial charge on any atom is 0.335 e. The van der Waals surface area contributed by atoms with Crippen molar-refractivity contribution in [2.24, 2.45) is 20.7 Å². The van der Waals surface area contributed by atoms with E-state index in [1.807, 2.05) is 54.6 Å². The van der Waals surface area contributed by atoms with Crippen LogP contribution in [0.5, 0.6) is 11.5 Å². The molecule has 0 bridgehead atoms. The highest BCUT2D eigenvalue weighted by Crippen LogP contribution is 2.48. The molecule has 8 nitrogen and oxygen atoms in total. The lowest BCUT2D eigenvalue weighted by Crippen LogP contribution is -2.13. The third kappa shape index (κ3) is 3.90. The van der Waals surface area contributed by atoms with Crippen LogP contribution >= 0.6 is 23.1 Å². The van der Waals surface area contributed by atoms with Crippen LogP contribution in [0.2, 0.25) is 0 Å². The molecule has 152 valence electrons. The fraction of sp³-hybridized carbons (Fsp3) is 0.0476. The molecule has 0 spiro atoms. The predicted octanol–water partition coefficient (Wildman–Crippen LogP) is 6.52. The number of fused-ring (bicyclic) bond motifs is 1. The summed E-state index contributed by atoms with van der Waals surface area (Å²) in [6.07, 6.45) is 0. The second-order valence-corrected chi connectivity index (χ2v) is 8.95. The SMILES string of the molecule is O=C(O)c1ccc2nc(SC3(c4ccc(Oc5ccccc5)cc4)N=NN=N3)sc2c1. The number of ether oxygens (including phenoxy) is 1. The number of para-hydroxylation sites is 1. The Morgan fingerprint density at radius 2 is 1.65 bits per heavy atom. The number of nitrogens with zero attached hydrogens (tertiary/aromatic N) is 5. The molecule has 1 aromatic heterocycles. The van der Waals surface area contributed by atoms with Crippen LogP contribution in [0.25, 0.3) is 10.2 Å². The van der Waals surface area contributed by atoms with E-state index in [1.54, 1.807) is 12.1 Å². The number of hydrogen-bond donors (Lipinski definition) is 1. The van der Waals surface area contributed by atoms with Crippen LogP contribution in [0.4, 0.5) is 0 Å². The molecule has 2 heterocycles. The van der Waals surface area contributed by atoms with E-state index < -0.39 is 11.0 Å².